The lowest BCUT2D eigenvalue weighted by Gasteiger charge is -2.40. The second kappa shape index (κ2) is 7.23. The van der Waals surface area contributed by atoms with Crippen molar-refractivity contribution < 1.29 is 8.42 Å². The van der Waals surface area contributed by atoms with Gasteiger partial charge in [0.25, 0.3) is 10.2 Å². The van der Waals surface area contributed by atoms with Gasteiger partial charge in [-0.05, 0) is 49.1 Å². The van der Waals surface area contributed by atoms with Gasteiger partial charge in [-0.25, -0.2) is 0 Å². The molecule has 144 valence electrons. The van der Waals surface area contributed by atoms with Gasteiger partial charge in [0.1, 0.15) is 0 Å². The van der Waals surface area contributed by atoms with E-state index in [1.807, 2.05) is 0 Å². The van der Waals surface area contributed by atoms with E-state index in [1.165, 1.54) is 12.0 Å². The Kier molecular flexibility index (Phi) is 5.12. The third kappa shape index (κ3) is 3.70. The van der Waals surface area contributed by atoms with Crippen molar-refractivity contribution in [3.63, 3.8) is 0 Å². The van der Waals surface area contributed by atoms with Crippen LogP contribution in [0.1, 0.15) is 38.2 Å². The first-order chi connectivity index (χ1) is 12.5. The highest BCUT2D eigenvalue weighted by Gasteiger charge is 2.44. The van der Waals surface area contributed by atoms with E-state index in [0.29, 0.717) is 37.5 Å². The minimum atomic E-state index is -3.25. The molecule has 3 heterocycles. The van der Waals surface area contributed by atoms with Gasteiger partial charge in [-0.2, -0.15) is 17.0 Å². The summed E-state index contributed by atoms with van der Waals surface area (Å²) in [6, 6.07) is 10.6. The van der Waals surface area contributed by atoms with E-state index in [1.54, 1.807) is 8.61 Å². The van der Waals surface area contributed by atoms with Gasteiger partial charge in [0.2, 0.25) is 0 Å². The molecule has 3 fully saturated rings. The van der Waals surface area contributed by atoms with E-state index in [9.17, 15) is 8.42 Å². The second-order valence-corrected chi connectivity index (χ2v) is 10.5. The maximum atomic E-state index is 12.9. The molecule has 0 aliphatic carbocycles. The van der Waals surface area contributed by atoms with Gasteiger partial charge >= 0.3 is 0 Å². The summed E-state index contributed by atoms with van der Waals surface area (Å²) in [7, 11) is -3.25. The molecule has 1 aromatic rings. The SMILES string of the molecule is CC1CCN(S(=O)(=O)N2CCC3(CCN(Cc4ccccc4)C3)CC2)C1. The molecule has 1 atom stereocenters. The monoisotopic (exact) mass is 377 g/mol. The molecule has 3 aliphatic heterocycles. The van der Waals surface area contributed by atoms with E-state index < -0.39 is 10.2 Å². The molecule has 0 radical (unpaired) electrons. The first-order valence-corrected chi connectivity index (χ1v) is 11.4. The highest BCUT2D eigenvalue weighted by atomic mass is 32.2. The fourth-order valence-electron chi connectivity index (χ4n) is 4.87. The normalized spacial score (nSPS) is 28.1. The summed E-state index contributed by atoms with van der Waals surface area (Å²) in [6.07, 6.45) is 4.20. The molecule has 0 bridgehead atoms. The third-order valence-electron chi connectivity index (χ3n) is 6.59. The molecule has 26 heavy (non-hydrogen) atoms. The van der Waals surface area contributed by atoms with Gasteiger partial charge < -0.3 is 0 Å². The number of hydrogen-bond acceptors (Lipinski definition) is 3. The lowest BCUT2D eigenvalue weighted by atomic mass is 9.78. The van der Waals surface area contributed by atoms with Gasteiger partial charge in [0, 0.05) is 39.3 Å². The van der Waals surface area contributed by atoms with Crippen LogP contribution >= 0.6 is 0 Å². The van der Waals surface area contributed by atoms with Crippen LogP contribution in [0.25, 0.3) is 0 Å². The summed E-state index contributed by atoms with van der Waals surface area (Å²) in [5, 5.41) is 0. The summed E-state index contributed by atoms with van der Waals surface area (Å²) in [5.41, 5.74) is 1.69. The Labute approximate surface area is 158 Å². The van der Waals surface area contributed by atoms with Crippen LogP contribution in [-0.2, 0) is 16.8 Å². The zero-order valence-corrected chi connectivity index (χ0v) is 16.6. The number of hydrogen-bond donors (Lipinski definition) is 0. The molecule has 3 saturated heterocycles. The first-order valence-electron chi connectivity index (χ1n) is 9.98. The third-order valence-corrected chi connectivity index (χ3v) is 8.59. The number of benzene rings is 1. The van der Waals surface area contributed by atoms with E-state index >= 15 is 0 Å². The Hall–Kier alpha value is -0.950. The number of likely N-dealkylation sites (tertiary alicyclic amines) is 1. The maximum absolute atomic E-state index is 12.9. The highest BCUT2D eigenvalue weighted by molar-refractivity contribution is 7.86. The lowest BCUT2D eigenvalue weighted by molar-refractivity contribution is 0.149. The predicted octanol–water partition coefficient (Wildman–Crippen LogP) is 2.56. The molecule has 3 aliphatic rings. The van der Waals surface area contributed by atoms with Crippen molar-refractivity contribution in [2.24, 2.45) is 11.3 Å². The molecule has 5 nitrogen and oxygen atoms in total. The van der Waals surface area contributed by atoms with Crippen LogP contribution in [0.5, 0.6) is 0 Å². The summed E-state index contributed by atoms with van der Waals surface area (Å²) < 4.78 is 29.2. The van der Waals surface area contributed by atoms with Crippen LogP contribution < -0.4 is 0 Å². The molecule has 0 saturated carbocycles. The maximum Gasteiger partial charge on any atom is 0.281 e. The molecule has 1 aromatic carbocycles. The van der Waals surface area contributed by atoms with Gasteiger partial charge in [-0.1, -0.05) is 37.3 Å². The zero-order valence-electron chi connectivity index (χ0n) is 15.8. The summed E-state index contributed by atoms with van der Waals surface area (Å²) >= 11 is 0. The molecule has 1 unspecified atom stereocenters. The van der Waals surface area contributed by atoms with Crippen molar-refractivity contribution in [2.75, 3.05) is 39.3 Å². The Bertz CT molecular complexity index is 714. The predicted molar refractivity (Wildman–Crippen MR) is 104 cm³/mol. The van der Waals surface area contributed by atoms with Crippen molar-refractivity contribution in [1.29, 1.82) is 0 Å². The van der Waals surface area contributed by atoms with E-state index in [0.717, 1.165) is 38.9 Å². The Morgan fingerprint density at radius 2 is 1.69 bits per heavy atom. The smallest absolute Gasteiger partial charge is 0.281 e. The van der Waals surface area contributed by atoms with Crippen LogP contribution in [0.4, 0.5) is 0 Å². The molecular weight excluding hydrogens is 346 g/mol. The topological polar surface area (TPSA) is 43.9 Å². The van der Waals surface area contributed by atoms with Crippen LogP contribution in [0.3, 0.4) is 0 Å². The Morgan fingerprint density at radius 3 is 2.35 bits per heavy atom. The molecular formula is C20H31N3O2S. The van der Waals surface area contributed by atoms with Crippen molar-refractivity contribution >= 4 is 10.2 Å². The van der Waals surface area contributed by atoms with E-state index in [2.05, 4.69) is 42.2 Å². The number of nitrogens with zero attached hydrogens (tertiary/aromatic N) is 3. The van der Waals surface area contributed by atoms with Gasteiger partial charge in [0.05, 0.1) is 0 Å². The van der Waals surface area contributed by atoms with Gasteiger partial charge in [-0.15, -0.1) is 0 Å². The molecule has 4 rings (SSSR count). The lowest BCUT2D eigenvalue weighted by Crippen LogP contribution is -2.49. The van der Waals surface area contributed by atoms with Crippen LogP contribution in [-0.4, -0.2) is 61.2 Å². The average Bonchev–Trinajstić information content (AvgIpc) is 3.24. The van der Waals surface area contributed by atoms with Gasteiger partial charge in [0.15, 0.2) is 0 Å². The number of rotatable bonds is 4. The van der Waals surface area contributed by atoms with Crippen molar-refractivity contribution in [2.45, 2.75) is 39.2 Å². The fraction of sp³-hybridized carbons (Fsp3) is 0.700. The molecule has 0 N–H and O–H groups in total. The summed E-state index contributed by atoms with van der Waals surface area (Å²) in [5.74, 6) is 0.488. The van der Waals surface area contributed by atoms with Crippen molar-refractivity contribution in [3.05, 3.63) is 35.9 Å². The fourth-order valence-corrected chi connectivity index (χ4v) is 6.62. The molecule has 0 aromatic heterocycles. The zero-order chi connectivity index (χ0) is 18.2. The Morgan fingerprint density at radius 1 is 1.00 bits per heavy atom. The largest absolute Gasteiger partial charge is 0.299 e. The first kappa shape index (κ1) is 18.4. The number of piperidine rings is 1. The van der Waals surface area contributed by atoms with Crippen molar-refractivity contribution in [1.82, 2.24) is 13.5 Å². The summed E-state index contributed by atoms with van der Waals surface area (Å²) in [4.78, 5) is 2.54. The molecule has 1 spiro atoms. The average molecular weight is 378 g/mol. The second-order valence-electron chi connectivity index (χ2n) is 8.60. The van der Waals surface area contributed by atoms with Crippen LogP contribution in [0, 0.1) is 11.3 Å². The minimum absolute atomic E-state index is 0.319. The molecule has 0 amide bonds. The van der Waals surface area contributed by atoms with Crippen LogP contribution in [0.2, 0.25) is 0 Å². The van der Waals surface area contributed by atoms with E-state index in [-0.39, 0.29) is 0 Å². The van der Waals surface area contributed by atoms with Crippen molar-refractivity contribution in [3.8, 4) is 0 Å². The summed E-state index contributed by atoms with van der Waals surface area (Å²) in [6.45, 7) is 8.14. The Balaban J connectivity index is 1.33. The standard InChI is InChI=1S/C20H31N3O2S/c1-18-7-11-23(15-18)26(24,25)22-13-9-20(10-14-22)8-12-21(17-20)16-19-5-3-2-4-6-19/h2-6,18H,7-17H2,1H3. The highest BCUT2D eigenvalue weighted by Crippen LogP contribution is 2.41. The molecule has 6 heteroatoms. The van der Waals surface area contributed by atoms with Crippen LogP contribution in [0.15, 0.2) is 30.3 Å². The van der Waals surface area contributed by atoms with E-state index in [4.69, 9.17) is 0 Å². The minimum Gasteiger partial charge on any atom is -0.299 e. The quantitative estimate of drug-likeness (QED) is 0.810. The van der Waals surface area contributed by atoms with Gasteiger partial charge in [-0.3, -0.25) is 4.90 Å².